The number of amides is 2. The lowest BCUT2D eigenvalue weighted by molar-refractivity contribution is -0.146. The normalized spacial score (nSPS) is 18.1. The predicted octanol–water partition coefficient (Wildman–Crippen LogP) is 0.0159. The van der Waals surface area contributed by atoms with Gasteiger partial charge in [0.15, 0.2) is 6.10 Å². The number of nitrogens with one attached hydrogen (secondary N) is 1. The van der Waals surface area contributed by atoms with Gasteiger partial charge < -0.3 is 20.4 Å². The highest BCUT2D eigenvalue weighted by atomic mass is 16.4. The van der Waals surface area contributed by atoms with Gasteiger partial charge in [0.1, 0.15) is 0 Å². The Morgan fingerprint density at radius 1 is 1.44 bits per heavy atom. The van der Waals surface area contributed by atoms with Gasteiger partial charge in [0.25, 0.3) is 0 Å². The summed E-state index contributed by atoms with van der Waals surface area (Å²) < 4.78 is 0. The largest absolute Gasteiger partial charge is 0.479 e. The van der Waals surface area contributed by atoms with E-state index in [1.165, 1.54) is 0 Å². The van der Waals surface area contributed by atoms with E-state index in [1.54, 1.807) is 11.9 Å². The molecular weight excluding hydrogens is 212 g/mol. The molecule has 1 atom stereocenters. The fraction of sp³-hybridized carbons (Fsp3) is 0.800. The number of aliphatic carboxylic acids is 1. The highest BCUT2D eigenvalue weighted by Gasteiger charge is 2.24. The average Bonchev–Trinajstić information content (AvgIpc) is 2.77. The van der Waals surface area contributed by atoms with Gasteiger partial charge in [0.2, 0.25) is 0 Å². The third-order valence-electron chi connectivity index (χ3n) is 2.92. The average molecular weight is 230 g/mol. The number of hydrogen-bond acceptors (Lipinski definition) is 3. The number of rotatable bonds is 4. The Hall–Kier alpha value is -1.30. The molecule has 0 aliphatic heterocycles. The number of aliphatic hydroxyl groups is 1. The van der Waals surface area contributed by atoms with Crippen LogP contribution in [0.4, 0.5) is 4.79 Å². The van der Waals surface area contributed by atoms with Crippen LogP contribution in [0.5, 0.6) is 0 Å². The first-order valence-electron chi connectivity index (χ1n) is 5.44. The second kappa shape index (κ2) is 5.69. The van der Waals surface area contributed by atoms with Gasteiger partial charge in [-0.05, 0) is 12.8 Å². The van der Waals surface area contributed by atoms with Gasteiger partial charge in [-0.2, -0.15) is 0 Å². The van der Waals surface area contributed by atoms with Crippen LogP contribution in [-0.4, -0.2) is 52.9 Å². The molecule has 6 heteroatoms. The van der Waals surface area contributed by atoms with Crippen molar-refractivity contribution in [2.45, 2.75) is 37.8 Å². The molecule has 1 saturated carbocycles. The number of urea groups is 1. The van der Waals surface area contributed by atoms with Gasteiger partial charge in [0.05, 0.1) is 6.54 Å². The van der Waals surface area contributed by atoms with Crippen molar-refractivity contribution in [3.05, 3.63) is 0 Å². The summed E-state index contributed by atoms with van der Waals surface area (Å²) in [4.78, 5) is 23.5. The van der Waals surface area contributed by atoms with E-state index in [2.05, 4.69) is 5.32 Å². The third-order valence-corrected chi connectivity index (χ3v) is 2.92. The number of nitrogens with zero attached hydrogens (tertiary/aromatic N) is 1. The topological polar surface area (TPSA) is 89.9 Å². The molecule has 0 heterocycles. The summed E-state index contributed by atoms with van der Waals surface area (Å²) in [7, 11) is 1.69. The molecule has 92 valence electrons. The Labute approximate surface area is 94.2 Å². The van der Waals surface area contributed by atoms with Crippen LogP contribution in [0.1, 0.15) is 25.7 Å². The van der Waals surface area contributed by atoms with E-state index in [-0.39, 0.29) is 18.6 Å². The molecule has 1 fully saturated rings. The maximum atomic E-state index is 11.6. The maximum Gasteiger partial charge on any atom is 0.334 e. The third kappa shape index (κ3) is 3.37. The number of aliphatic hydroxyl groups excluding tert-OH is 1. The smallest absolute Gasteiger partial charge is 0.334 e. The van der Waals surface area contributed by atoms with Crippen LogP contribution < -0.4 is 5.32 Å². The van der Waals surface area contributed by atoms with Crippen LogP contribution in [0.3, 0.4) is 0 Å². The van der Waals surface area contributed by atoms with Crippen LogP contribution in [0, 0.1) is 0 Å². The van der Waals surface area contributed by atoms with Crippen molar-refractivity contribution in [2.75, 3.05) is 13.6 Å². The Morgan fingerprint density at radius 3 is 2.50 bits per heavy atom. The molecule has 0 aromatic rings. The summed E-state index contributed by atoms with van der Waals surface area (Å²) in [6.07, 6.45) is 2.69. The van der Waals surface area contributed by atoms with E-state index in [9.17, 15) is 9.59 Å². The lowest BCUT2D eigenvalue weighted by atomic mass is 10.2. The van der Waals surface area contributed by atoms with Gasteiger partial charge in [-0.15, -0.1) is 0 Å². The molecule has 6 nitrogen and oxygen atoms in total. The first kappa shape index (κ1) is 12.8. The van der Waals surface area contributed by atoms with E-state index >= 15 is 0 Å². The summed E-state index contributed by atoms with van der Waals surface area (Å²) in [5.41, 5.74) is 0. The van der Waals surface area contributed by atoms with Gasteiger partial charge in [-0.3, -0.25) is 0 Å². The molecule has 0 aromatic carbocycles. The summed E-state index contributed by atoms with van der Waals surface area (Å²) in [5.74, 6) is -1.33. The van der Waals surface area contributed by atoms with Crippen molar-refractivity contribution >= 4 is 12.0 Å². The van der Waals surface area contributed by atoms with Crippen LogP contribution in [0.2, 0.25) is 0 Å². The van der Waals surface area contributed by atoms with Crippen molar-refractivity contribution in [2.24, 2.45) is 0 Å². The van der Waals surface area contributed by atoms with Crippen LogP contribution in [0.25, 0.3) is 0 Å². The lowest BCUT2D eigenvalue weighted by Crippen LogP contribution is -2.46. The van der Waals surface area contributed by atoms with Crippen LogP contribution in [0.15, 0.2) is 0 Å². The van der Waals surface area contributed by atoms with Crippen molar-refractivity contribution in [1.29, 1.82) is 0 Å². The molecule has 1 aliphatic carbocycles. The summed E-state index contributed by atoms with van der Waals surface area (Å²) in [5, 5.41) is 19.8. The molecular formula is C10H18N2O4. The number of carboxylic acid groups (broad SMARTS) is 1. The molecule has 1 rings (SSSR count). The van der Waals surface area contributed by atoms with Crippen molar-refractivity contribution in [3.8, 4) is 0 Å². The second-order valence-electron chi connectivity index (χ2n) is 4.09. The molecule has 1 aliphatic rings. The van der Waals surface area contributed by atoms with E-state index in [1.807, 2.05) is 0 Å². The fourth-order valence-electron chi connectivity index (χ4n) is 1.85. The number of carbonyl (C=O) groups is 2. The zero-order valence-corrected chi connectivity index (χ0v) is 9.35. The van der Waals surface area contributed by atoms with Crippen molar-refractivity contribution in [3.63, 3.8) is 0 Å². The van der Waals surface area contributed by atoms with E-state index in [0.29, 0.717) is 0 Å². The van der Waals surface area contributed by atoms with Gasteiger partial charge >= 0.3 is 12.0 Å². The Morgan fingerprint density at radius 2 is 2.00 bits per heavy atom. The van der Waals surface area contributed by atoms with Crippen molar-refractivity contribution in [1.82, 2.24) is 10.2 Å². The highest BCUT2D eigenvalue weighted by Crippen LogP contribution is 2.22. The fourth-order valence-corrected chi connectivity index (χ4v) is 1.85. The Balaban J connectivity index is 2.31. The van der Waals surface area contributed by atoms with E-state index in [4.69, 9.17) is 10.2 Å². The second-order valence-corrected chi connectivity index (χ2v) is 4.09. The number of hydrogen-bond donors (Lipinski definition) is 3. The molecule has 0 saturated heterocycles. The SMILES string of the molecule is CN(C(=O)NC[C@H](O)C(=O)O)C1CCCC1. The summed E-state index contributed by atoms with van der Waals surface area (Å²) >= 11 is 0. The molecule has 16 heavy (non-hydrogen) atoms. The zero-order valence-electron chi connectivity index (χ0n) is 9.35. The standard InChI is InChI=1S/C10H18N2O4/c1-12(7-4-2-3-5-7)10(16)11-6-8(13)9(14)15/h7-8,13H,2-6H2,1H3,(H,11,16)(H,14,15)/t8-/m0/s1. The minimum Gasteiger partial charge on any atom is -0.479 e. The number of carboxylic acids is 1. The quantitative estimate of drug-likeness (QED) is 0.635. The minimum atomic E-state index is -1.54. The molecule has 0 radical (unpaired) electrons. The van der Waals surface area contributed by atoms with Gasteiger partial charge in [0, 0.05) is 13.1 Å². The highest BCUT2D eigenvalue weighted by molar-refractivity contribution is 5.76. The lowest BCUT2D eigenvalue weighted by Gasteiger charge is -2.24. The Bertz CT molecular complexity index is 264. The van der Waals surface area contributed by atoms with Gasteiger partial charge in [-0.25, -0.2) is 9.59 Å². The van der Waals surface area contributed by atoms with E-state index < -0.39 is 12.1 Å². The zero-order chi connectivity index (χ0) is 12.1. The molecule has 3 N–H and O–H groups in total. The number of carbonyl (C=O) groups excluding carboxylic acids is 1. The molecule has 0 unspecified atom stereocenters. The van der Waals surface area contributed by atoms with Crippen molar-refractivity contribution < 1.29 is 19.8 Å². The Kier molecular flexibility index (Phi) is 4.54. The molecule has 2 amide bonds. The minimum absolute atomic E-state index is 0.238. The maximum absolute atomic E-state index is 11.6. The van der Waals surface area contributed by atoms with Gasteiger partial charge in [-0.1, -0.05) is 12.8 Å². The molecule has 0 bridgehead atoms. The monoisotopic (exact) mass is 230 g/mol. The van der Waals surface area contributed by atoms with E-state index in [0.717, 1.165) is 25.7 Å². The molecule has 0 aromatic heterocycles. The van der Waals surface area contributed by atoms with Crippen LogP contribution in [-0.2, 0) is 4.79 Å². The van der Waals surface area contributed by atoms with Crippen LogP contribution >= 0.6 is 0 Å². The molecule has 0 spiro atoms. The summed E-state index contributed by atoms with van der Waals surface area (Å²) in [6, 6.07) is -0.0887. The first-order valence-corrected chi connectivity index (χ1v) is 5.44. The predicted molar refractivity (Wildman–Crippen MR) is 57.1 cm³/mol. The summed E-state index contributed by atoms with van der Waals surface area (Å²) in [6.45, 7) is -0.259. The first-order chi connectivity index (χ1) is 7.52.